The molecule has 5 N–H and O–H groups in total. The van der Waals surface area contributed by atoms with Crippen molar-refractivity contribution >= 4 is 59.0 Å². The summed E-state index contributed by atoms with van der Waals surface area (Å²) in [4.78, 5) is 79.5. The SMILES string of the molecule is Cc1ccc(SCC(CSc2ccc(C)cc2)C(=O)c2ccc(C(=O)NC(CC(=O)NC(C)(C)COCC(C)(C)COCCC(=O)O)C(=O)NCC(C)(C)COCC(C)(C)COCCC(=O)O)cc2)cc1. The smallest absolute Gasteiger partial charge is 0.305 e. The minimum atomic E-state index is -1.29. The van der Waals surface area contributed by atoms with E-state index in [-0.39, 0.29) is 76.3 Å². The minimum absolute atomic E-state index is 0.0523. The predicted molar refractivity (Wildman–Crippen MR) is 278 cm³/mol. The molecular weight excluding hydrogens is 947 g/mol. The molecule has 0 aliphatic rings. The third-order valence-electron chi connectivity index (χ3n) is 10.8. The Kier molecular flexibility index (Phi) is 24.8. The second kappa shape index (κ2) is 29.1. The first kappa shape index (κ1) is 60.5. The number of nitrogens with one attached hydrogen (secondary N) is 3. The molecule has 392 valence electrons. The molecule has 0 spiro atoms. The predicted octanol–water partition coefficient (Wildman–Crippen LogP) is 8.28. The summed E-state index contributed by atoms with van der Waals surface area (Å²) in [6.45, 7) is 21.0. The van der Waals surface area contributed by atoms with Crippen LogP contribution in [0.5, 0.6) is 0 Å². The van der Waals surface area contributed by atoms with E-state index >= 15 is 0 Å². The highest BCUT2D eigenvalue weighted by atomic mass is 32.2. The summed E-state index contributed by atoms with van der Waals surface area (Å²) in [5.74, 6) is -2.86. The van der Waals surface area contributed by atoms with Gasteiger partial charge in [0.05, 0.1) is 77.7 Å². The average molecular weight is 1020 g/mol. The van der Waals surface area contributed by atoms with Crippen LogP contribution in [0.4, 0.5) is 0 Å². The maximum atomic E-state index is 14.1. The topological polar surface area (TPSA) is 216 Å². The van der Waals surface area contributed by atoms with Gasteiger partial charge in [-0.1, -0.05) is 89.1 Å². The lowest BCUT2D eigenvalue weighted by atomic mass is 9.93. The van der Waals surface area contributed by atoms with E-state index in [9.17, 15) is 28.8 Å². The Hall–Kier alpha value is -4.78. The molecule has 0 bridgehead atoms. The standard InChI is InChI=1S/C54H77N3O12S2/c1-37-11-19-42(20-12-37)70-28-41(29-71-43-21-13-38(2)14-22-43)48(63)39-15-17-40(18-16-39)49(64)56-44(27-45(58)57-54(9,10)36-69-35-53(7,8)33-67-26-24-47(61)62)50(65)55-30-51(3,4)31-68-34-52(5,6)32-66-25-23-46(59)60/h11-22,41,44H,23-36H2,1-10H3,(H,55,65)(H,56,64)(H,57,58)(H,59,60)(H,61,62). The number of Topliss-reactive ketones (excluding diaryl/α,β-unsaturated/α-hetero) is 1. The molecule has 0 saturated heterocycles. The quantitative estimate of drug-likeness (QED) is 0.0216. The highest BCUT2D eigenvalue weighted by Gasteiger charge is 2.31. The van der Waals surface area contributed by atoms with Gasteiger partial charge in [-0.2, -0.15) is 0 Å². The summed E-state index contributed by atoms with van der Waals surface area (Å²) in [5, 5.41) is 26.4. The number of carboxylic acids is 2. The molecule has 0 saturated carbocycles. The molecule has 71 heavy (non-hydrogen) atoms. The van der Waals surface area contributed by atoms with Crippen molar-refractivity contribution < 1.29 is 57.9 Å². The summed E-state index contributed by atoms with van der Waals surface area (Å²) in [7, 11) is 0. The molecule has 1 unspecified atom stereocenters. The molecule has 15 nitrogen and oxygen atoms in total. The second-order valence-corrected chi connectivity index (χ2v) is 23.3. The molecule has 0 aliphatic heterocycles. The van der Waals surface area contributed by atoms with Gasteiger partial charge in [0.2, 0.25) is 11.8 Å². The van der Waals surface area contributed by atoms with Gasteiger partial charge >= 0.3 is 11.9 Å². The summed E-state index contributed by atoms with van der Waals surface area (Å²) in [6, 6.07) is 21.4. The molecule has 0 radical (unpaired) electrons. The molecule has 0 heterocycles. The summed E-state index contributed by atoms with van der Waals surface area (Å²) in [5.41, 5.74) is 0.667. The van der Waals surface area contributed by atoms with Crippen molar-refractivity contribution in [2.75, 3.05) is 70.9 Å². The fraction of sp³-hybridized carbons (Fsp3) is 0.556. The summed E-state index contributed by atoms with van der Waals surface area (Å²) in [6.07, 6.45) is -0.591. The zero-order chi connectivity index (χ0) is 52.8. The van der Waals surface area contributed by atoms with Crippen LogP contribution in [0.2, 0.25) is 0 Å². The van der Waals surface area contributed by atoms with E-state index in [1.807, 2.05) is 79.7 Å². The van der Waals surface area contributed by atoms with E-state index in [1.165, 1.54) is 0 Å². The van der Waals surface area contributed by atoms with Gasteiger partial charge in [0, 0.05) is 61.1 Å². The van der Waals surface area contributed by atoms with Crippen molar-refractivity contribution in [3.8, 4) is 0 Å². The number of thioether (sulfide) groups is 2. The van der Waals surface area contributed by atoms with Gasteiger partial charge in [-0.25, -0.2) is 0 Å². The van der Waals surface area contributed by atoms with Gasteiger partial charge in [0.1, 0.15) is 6.04 Å². The van der Waals surface area contributed by atoms with Gasteiger partial charge < -0.3 is 45.1 Å². The zero-order valence-corrected chi connectivity index (χ0v) is 44.9. The lowest BCUT2D eigenvalue weighted by Gasteiger charge is -2.31. The molecule has 0 aromatic heterocycles. The first-order chi connectivity index (χ1) is 33.2. The van der Waals surface area contributed by atoms with Gasteiger partial charge in [-0.05, 0) is 64.1 Å². The average Bonchev–Trinajstić information content (AvgIpc) is 3.28. The monoisotopic (exact) mass is 1020 g/mol. The van der Waals surface area contributed by atoms with Crippen LogP contribution in [-0.2, 0) is 38.1 Å². The molecule has 1 atom stereocenters. The third kappa shape index (κ3) is 24.9. The second-order valence-electron chi connectivity index (χ2n) is 21.1. The maximum Gasteiger partial charge on any atom is 0.305 e. The minimum Gasteiger partial charge on any atom is -0.481 e. The lowest BCUT2D eigenvalue weighted by molar-refractivity contribution is -0.139. The van der Waals surface area contributed by atoms with Crippen molar-refractivity contribution in [3.63, 3.8) is 0 Å². The number of carbonyl (C=O) groups is 6. The molecule has 17 heteroatoms. The van der Waals surface area contributed by atoms with Crippen molar-refractivity contribution in [1.29, 1.82) is 0 Å². The van der Waals surface area contributed by atoms with Crippen molar-refractivity contribution in [2.45, 2.75) is 110 Å². The summed E-state index contributed by atoms with van der Waals surface area (Å²) < 4.78 is 23.0. The van der Waals surface area contributed by atoms with E-state index < -0.39 is 63.9 Å². The molecule has 0 fully saturated rings. The van der Waals surface area contributed by atoms with Gasteiger partial charge in [-0.3, -0.25) is 28.8 Å². The van der Waals surface area contributed by atoms with Crippen molar-refractivity contribution in [2.24, 2.45) is 22.2 Å². The fourth-order valence-corrected chi connectivity index (χ4v) is 8.90. The first-order valence-electron chi connectivity index (χ1n) is 23.9. The Morgan fingerprint density at radius 1 is 0.563 bits per heavy atom. The number of carboxylic acid groups (broad SMARTS) is 2. The van der Waals surface area contributed by atoms with Crippen LogP contribution < -0.4 is 16.0 Å². The number of ether oxygens (including phenoxy) is 4. The Morgan fingerprint density at radius 2 is 0.986 bits per heavy atom. The number of benzene rings is 3. The molecule has 3 aromatic rings. The Bertz CT molecular complexity index is 2130. The van der Waals surface area contributed by atoms with Gasteiger partial charge in [0.25, 0.3) is 5.91 Å². The number of aryl methyl sites for hydroxylation is 2. The van der Waals surface area contributed by atoms with E-state index in [0.29, 0.717) is 30.3 Å². The number of hydrogen-bond donors (Lipinski definition) is 5. The van der Waals surface area contributed by atoms with Gasteiger partial charge in [-0.15, -0.1) is 23.5 Å². The number of hydrogen-bond acceptors (Lipinski definition) is 12. The Balaban J connectivity index is 1.73. The van der Waals surface area contributed by atoms with Crippen LogP contribution in [0, 0.1) is 36.0 Å². The maximum absolute atomic E-state index is 14.1. The van der Waals surface area contributed by atoms with E-state index in [4.69, 9.17) is 29.2 Å². The van der Waals surface area contributed by atoms with Gasteiger partial charge in [0.15, 0.2) is 5.78 Å². The number of aliphatic carboxylic acids is 2. The highest BCUT2D eigenvalue weighted by molar-refractivity contribution is 8.00. The third-order valence-corrected chi connectivity index (χ3v) is 13.2. The number of ketones is 1. The van der Waals surface area contributed by atoms with E-state index in [1.54, 1.807) is 61.6 Å². The Morgan fingerprint density at radius 3 is 1.45 bits per heavy atom. The molecule has 3 rings (SSSR count). The van der Waals surface area contributed by atoms with Crippen molar-refractivity contribution in [3.05, 3.63) is 95.1 Å². The zero-order valence-electron chi connectivity index (χ0n) is 43.3. The molecule has 3 aromatic carbocycles. The van der Waals surface area contributed by atoms with Crippen LogP contribution in [0.15, 0.2) is 82.6 Å². The first-order valence-corrected chi connectivity index (χ1v) is 25.9. The summed E-state index contributed by atoms with van der Waals surface area (Å²) >= 11 is 3.25. The normalized spacial score (nSPS) is 12.6. The van der Waals surface area contributed by atoms with Crippen LogP contribution in [0.3, 0.4) is 0 Å². The number of rotatable bonds is 34. The van der Waals surface area contributed by atoms with Crippen LogP contribution in [0.25, 0.3) is 0 Å². The van der Waals surface area contributed by atoms with Crippen LogP contribution in [0.1, 0.15) is 106 Å². The molecular formula is C54H77N3O12S2. The van der Waals surface area contributed by atoms with E-state index in [2.05, 4.69) is 40.2 Å². The number of amides is 3. The van der Waals surface area contributed by atoms with Crippen LogP contribution >= 0.6 is 23.5 Å². The molecule has 3 amide bonds. The Labute approximate surface area is 429 Å². The van der Waals surface area contributed by atoms with E-state index in [0.717, 1.165) is 20.9 Å². The van der Waals surface area contributed by atoms with Crippen LogP contribution in [-0.4, -0.2) is 128 Å². The number of carbonyl (C=O) groups excluding carboxylic acids is 4. The largest absolute Gasteiger partial charge is 0.481 e. The van der Waals surface area contributed by atoms with Crippen molar-refractivity contribution in [1.82, 2.24) is 16.0 Å². The highest BCUT2D eigenvalue weighted by Crippen LogP contribution is 2.29. The molecule has 0 aliphatic carbocycles. The lowest BCUT2D eigenvalue weighted by Crippen LogP contribution is -2.53. The fourth-order valence-electron chi connectivity index (χ4n) is 6.77.